The Kier molecular flexibility index (Phi) is 6.30. The van der Waals surface area contributed by atoms with Gasteiger partial charge in [0.15, 0.2) is 5.96 Å². The molecule has 116 valence electrons. The maximum Gasteiger partial charge on any atom is 0.194 e. The number of aliphatic imine (C=N–C) groups is 1. The SMILES string of the molecule is C=CCNC(=NCCc1ccco1)N(C)Cc1ccccc1. The maximum absolute atomic E-state index is 5.33. The van der Waals surface area contributed by atoms with Crippen LogP contribution < -0.4 is 5.32 Å². The fourth-order valence-electron chi connectivity index (χ4n) is 2.13. The highest BCUT2D eigenvalue weighted by atomic mass is 16.3. The molecule has 1 aromatic heterocycles. The Morgan fingerprint density at radius 3 is 2.77 bits per heavy atom. The van der Waals surface area contributed by atoms with Gasteiger partial charge in [0.25, 0.3) is 0 Å². The fourth-order valence-corrected chi connectivity index (χ4v) is 2.13. The minimum atomic E-state index is 0.687. The minimum Gasteiger partial charge on any atom is -0.469 e. The highest BCUT2D eigenvalue weighted by Crippen LogP contribution is 2.04. The molecule has 0 aliphatic carbocycles. The quantitative estimate of drug-likeness (QED) is 0.485. The standard InChI is InChI=1S/C18H23N3O/c1-3-12-19-18(20-13-11-17-10-7-14-22-17)21(2)15-16-8-5-4-6-9-16/h3-10,14H,1,11-13,15H2,2H3,(H,19,20). The molecule has 4 nitrogen and oxygen atoms in total. The number of hydrogen-bond acceptors (Lipinski definition) is 2. The Hall–Kier alpha value is -2.49. The van der Waals surface area contributed by atoms with Gasteiger partial charge in [0.2, 0.25) is 0 Å². The third-order valence-corrected chi connectivity index (χ3v) is 3.23. The first kappa shape index (κ1) is 15.9. The smallest absolute Gasteiger partial charge is 0.194 e. The summed E-state index contributed by atoms with van der Waals surface area (Å²) in [7, 11) is 2.04. The van der Waals surface area contributed by atoms with Crippen molar-refractivity contribution in [1.82, 2.24) is 10.2 Å². The molecule has 0 spiro atoms. The Balaban J connectivity index is 1.95. The van der Waals surface area contributed by atoms with E-state index in [0.717, 1.165) is 24.7 Å². The zero-order chi connectivity index (χ0) is 15.6. The number of hydrogen-bond donors (Lipinski definition) is 1. The van der Waals surface area contributed by atoms with E-state index in [-0.39, 0.29) is 0 Å². The molecule has 2 aromatic rings. The van der Waals surface area contributed by atoms with Crippen molar-refractivity contribution in [3.05, 3.63) is 72.7 Å². The molecule has 1 N–H and O–H groups in total. The van der Waals surface area contributed by atoms with Crippen molar-refractivity contribution in [3.8, 4) is 0 Å². The van der Waals surface area contributed by atoms with E-state index in [1.54, 1.807) is 6.26 Å². The van der Waals surface area contributed by atoms with E-state index >= 15 is 0 Å². The van der Waals surface area contributed by atoms with Crippen molar-refractivity contribution in [2.24, 2.45) is 4.99 Å². The Morgan fingerprint density at radius 1 is 1.27 bits per heavy atom. The Bertz CT molecular complexity index is 576. The normalized spacial score (nSPS) is 11.2. The van der Waals surface area contributed by atoms with Gasteiger partial charge in [-0.05, 0) is 17.7 Å². The van der Waals surface area contributed by atoms with Gasteiger partial charge in [0.05, 0.1) is 6.26 Å². The molecular formula is C18H23N3O. The lowest BCUT2D eigenvalue weighted by molar-refractivity contribution is 0.475. The second-order valence-corrected chi connectivity index (χ2v) is 5.05. The first-order valence-electron chi connectivity index (χ1n) is 7.46. The first-order chi connectivity index (χ1) is 10.8. The van der Waals surface area contributed by atoms with Crippen molar-refractivity contribution in [2.45, 2.75) is 13.0 Å². The Labute approximate surface area is 132 Å². The van der Waals surface area contributed by atoms with E-state index in [1.807, 2.05) is 43.5 Å². The summed E-state index contributed by atoms with van der Waals surface area (Å²) in [6, 6.07) is 14.2. The number of rotatable bonds is 7. The van der Waals surface area contributed by atoms with Crippen LogP contribution in [0.5, 0.6) is 0 Å². The highest BCUT2D eigenvalue weighted by molar-refractivity contribution is 5.79. The van der Waals surface area contributed by atoms with Gasteiger partial charge in [0, 0.05) is 33.1 Å². The van der Waals surface area contributed by atoms with Crippen LogP contribution in [0.1, 0.15) is 11.3 Å². The van der Waals surface area contributed by atoms with Gasteiger partial charge in [-0.3, -0.25) is 4.99 Å². The summed E-state index contributed by atoms with van der Waals surface area (Å²) in [5, 5.41) is 3.30. The van der Waals surface area contributed by atoms with Crippen LogP contribution in [0.3, 0.4) is 0 Å². The third kappa shape index (κ3) is 5.13. The van der Waals surface area contributed by atoms with Crippen LogP contribution in [-0.4, -0.2) is 31.0 Å². The summed E-state index contributed by atoms with van der Waals surface area (Å²) < 4.78 is 5.33. The average molecular weight is 297 g/mol. The molecule has 0 unspecified atom stereocenters. The summed E-state index contributed by atoms with van der Waals surface area (Å²) >= 11 is 0. The molecular weight excluding hydrogens is 274 g/mol. The largest absolute Gasteiger partial charge is 0.469 e. The van der Waals surface area contributed by atoms with Crippen molar-refractivity contribution >= 4 is 5.96 Å². The highest BCUT2D eigenvalue weighted by Gasteiger charge is 2.06. The predicted molar refractivity (Wildman–Crippen MR) is 90.8 cm³/mol. The average Bonchev–Trinajstić information content (AvgIpc) is 3.05. The van der Waals surface area contributed by atoms with Gasteiger partial charge < -0.3 is 14.6 Å². The summed E-state index contributed by atoms with van der Waals surface area (Å²) in [6.07, 6.45) is 4.32. The van der Waals surface area contributed by atoms with Crippen molar-refractivity contribution < 1.29 is 4.42 Å². The molecule has 0 atom stereocenters. The molecule has 0 amide bonds. The lowest BCUT2D eigenvalue weighted by Crippen LogP contribution is -2.38. The van der Waals surface area contributed by atoms with E-state index in [1.165, 1.54) is 5.56 Å². The number of benzene rings is 1. The molecule has 0 fully saturated rings. The number of nitrogens with zero attached hydrogens (tertiary/aromatic N) is 2. The van der Waals surface area contributed by atoms with Gasteiger partial charge in [-0.15, -0.1) is 6.58 Å². The lowest BCUT2D eigenvalue weighted by Gasteiger charge is -2.22. The summed E-state index contributed by atoms with van der Waals surface area (Å²) in [5.41, 5.74) is 1.25. The second kappa shape index (κ2) is 8.72. The van der Waals surface area contributed by atoms with Gasteiger partial charge in [-0.2, -0.15) is 0 Å². The van der Waals surface area contributed by atoms with Crippen LogP contribution >= 0.6 is 0 Å². The van der Waals surface area contributed by atoms with E-state index in [9.17, 15) is 0 Å². The zero-order valence-corrected chi connectivity index (χ0v) is 13.0. The molecule has 2 rings (SSSR count). The van der Waals surface area contributed by atoms with Gasteiger partial charge in [-0.25, -0.2) is 0 Å². The van der Waals surface area contributed by atoms with E-state index in [2.05, 4.69) is 33.9 Å². The van der Waals surface area contributed by atoms with E-state index in [0.29, 0.717) is 13.1 Å². The molecule has 0 aliphatic heterocycles. The molecule has 0 saturated carbocycles. The summed E-state index contributed by atoms with van der Waals surface area (Å²) in [6.45, 7) is 5.94. The predicted octanol–water partition coefficient (Wildman–Crippen LogP) is 3.09. The van der Waals surface area contributed by atoms with Crippen LogP contribution in [0.4, 0.5) is 0 Å². The lowest BCUT2D eigenvalue weighted by atomic mass is 10.2. The number of furan rings is 1. The minimum absolute atomic E-state index is 0.687. The van der Waals surface area contributed by atoms with Crippen LogP contribution in [0, 0.1) is 0 Å². The zero-order valence-electron chi connectivity index (χ0n) is 13.0. The van der Waals surface area contributed by atoms with Gasteiger partial charge >= 0.3 is 0 Å². The molecule has 0 saturated heterocycles. The van der Waals surface area contributed by atoms with Crippen molar-refractivity contribution in [2.75, 3.05) is 20.1 Å². The maximum atomic E-state index is 5.33. The van der Waals surface area contributed by atoms with Gasteiger partial charge in [0.1, 0.15) is 5.76 Å². The number of guanidine groups is 1. The summed E-state index contributed by atoms with van der Waals surface area (Å²) in [5.74, 6) is 1.83. The van der Waals surface area contributed by atoms with Crippen LogP contribution in [0.25, 0.3) is 0 Å². The van der Waals surface area contributed by atoms with Crippen molar-refractivity contribution in [1.29, 1.82) is 0 Å². The molecule has 0 radical (unpaired) electrons. The Morgan fingerprint density at radius 2 is 2.09 bits per heavy atom. The first-order valence-corrected chi connectivity index (χ1v) is 7.46. The third-order valence-electron chi connectivity index (χ3n) is 3.23. The fraction of sp³-hybridized carbons (Fsp3) is 0.278. The van der Waals surface area contributed by atoms with E-state index < -0.39 is 0 Å². The van der Waals surface area contributed by atoms with E-state index in [4.69, 9.17) is 4.42 Å². The molecule has 4 heteroatoms. The van der Waals surface area contributed by atoms with Crippen molar-refractivity contribution in [3.63, 3.8) is 0 Å². The van der Waals surface area contributed by atoms with Gasteiger partial charge in [-0.1, -0.05) is 36.4 Å². The van der Waals surface area contributed by atoms with Crippen LogP contribution in [0.2, 0.25) is 0 Å². The summed E-state index contributed by atoms with van der Waals surface area (Å²) in [4.78, 5) is 6.77. The molecule has 0 aliphatic rings. The van der Waals surface area contributed by atoms with Crippen LogP contribution in [-0.2, 0) is 13.0 Å². The molecule has 0 bridgehead atoms. The second-order valence-electron chi connectivity index (χ2n) is 5.05. The molecule has 1 heterocycles. The monoisotopic (exact) mass is 297 g/mol. The van der Waals surface area contributed by atoms with Crippen LogP contribution in [0.15, 0.2) is 70.8 Å². The topological polar surface area (TPSA) is 40.8 Å². The number of nitrogens with one attached hydrogen (secondary N) is 1. The molecule has 1 aromatic carbocycles. The molecule has 22 heavy (non-hydrogen) atoms.